The van der Waals surface area contributed by atoms with E-state index in [2.05, 4.69) is 5.32 Å². The number of rotatable bonds is 4. The van der Waals surface area contributed by atoms with E-state index in [4.69, 9.17) is 12.6 Å². The number of hydrogen-bond donors (Lipinski definition) is 1. The number of ether oxygens (including phenoxy) is 1. The molecule has 106 valence electrons. The zero-order valence-corrected chi connectivity index (χ0v) is 11.1. The summed E-state index contributed by atoms with van der Waals surface area (Å²) in [6.45, 7) is 0.0393. The van der Waals surface area contributed by atoms with Crippen LogP contribution in [-0.2, 0) is 17.7 Å². The van der Waals surface area contributed by atoms with Crippen LogP contribution in [-0.4, -0.2) is 13.9 Å². The van der Waals surface area contributed by atoms with Gasteiger partial charge in [0.25, 0.3) is 0 Å². The third-order valence-corrected chi connectivity index (χ3v) is 2.83. The highest BCUT2D eigenvalue weighted by Crippen LogP contribution is 2.20. The van der Waals surface area contributed by atoms with Crippen molar-refractivity contribution in [3.05, 3.63) is 65.2 Å². The van der Waals surface area contributed by atoms with Crippen molar-refractivity contribution >= 4 is 19.6 Å². The van der Waals surface area contributed by atoms with Crippen molar-refractivity contribution in [1.82, 2.24) is 0 Å². The van der Waals surface area contributed by atoms with Gasteiger partial charge < -0.3 is 4.74 Å². The minimum atomic E-state index is -1.16. The molecule has 2 aromatic rings. The lowest BCUT2D eigenvalue weighted by Crippen LogP contribution is -2.15. The summed E-state index contributed by atoms with van der Waals surface area (Å²) < 4.78 is 32.1. The standard InChI is InChI=1S/C15H12BF2NO2/c16-8-11-6-7-12(14(18)13(11)17)19-15(20)21-9-10-4-2-1-3-5-10/h1-7H,8-9H2,(H,19,20). The van der Waals surface area contributed by atoms with E-state index in [-0.39, 0.29) is 24.2 Å². The molecule has 2 radical (unpaired) electrons. The van der Waals surface area contributed by atoms with Crippen molar-refractivity contribution in [2.75, 3.05) is 5.32 Å². The highest BCUT2D eigenvalue weighted by atomic mass is 19.2. The van der Waals surface area contributed by atoms with Gasteiger partial charge in [0.1, 0.15) is 6.61 Å². The Hall–Kier alpha value is -2.37. The molecule has 21 heavy (non-hydrogen) atoms. The highest BCUT2D eigenvalue weighted by Gasteiger charge is 2.14. The van der Waals surface area contributed by atoms with E-state index < -0.39 is 17.7 Å². The van der Waals surface area contributed by atoms with Gasteiger partial charge in [-0.2, -0.15) is 0 Å². The first-order valence-corrected chi connectivity index (χ1v) is 6.26. The summed E-state index contributed by atoms with van der Waals surface area (Å²) in [6, 6.07) is 11.6. The second-order valence-corrected chi connectivity index (χ2v) is 4.29. The summed E-state index contributed by atoms with van der Waals surface area (Å²) in [6.07, 6.45) is -0.987. The molecular weight excluding hydrogens is 275 g/mol. The van der Waals surface area contributed by atoms with Crippen LogP contribution < -0.4 is 5.32 Å². The van der Waals surface area contributed by atoms with Crippen molar-refractivity contribution in [3.63, 3.8) is 0 Å². The number of carbonyl (C=O) groups excluding carboxylic acids is 1. The maximum Gasteiger partial charge on any atom is 0.412 e. The Morgan fingerprint density at radius 3 is 2.48 bits per heavy atom. The SMILES string of the molecule is [B]Cc1ccc(NC(=O)OCc2ccccc2)c(F)c1F. The summed E-state index contributed by atoms with van der Waals surface area (Å²) in [5.41, 5.74) is 0.538. The predicted octanol–water partition coefficient (Wildman–Crippen LogP) is 3.38. The number of halogens is 2. The van der Waals surface area contributed by atoms with Crippen molar-refractivity contribution in [2.24, 2.45) is 0 Å². The lowest BCUT2D eigenvalue weighted by Gasteiger charge is -2.10. The molecule has 2 rings (SSSR count). The molecule has 1 N–H and O–H groups in total. The number of hydrogen-bond acceptors (Lipinski definition) is 2. The van der Waals surface area contributed by atoms with Gasteiger partial charge in [0.15, 0.2) is 11.6 Å². The molecule has 0 fully saturated rings. The Morgan fingerprint density at radius 2 is 1.81 bits per heavy atom. The second kappa shape index (κ2) is 6.88. The van der Waals surface area contributed by atoms with Gasteiger partial charge in [-0.3, -0.25) is 5.32 Å². The van der Waals surface area contributed by atoms with Crippen LogP contribution in [0, 0.1) is 11.6 Å². The zero-order valence-electron chi connectivity index (χ0n) is 11.1. The molecule has 0 heterocycles. The second-order valence-electron chi connectivity index (χ2n) is 4.29. The highest BCUT2D eigenvalue weighted by molar-refractivity contribution is 6.08. The molecule has 0 spiro atoms. The number of nitrogens with one attached hydrogen (secondary N) is 1. The molecule has 0 atom stereocenters. The molecule has 0 aliphatic rings. The fourth-order valence-electron chi connectivity index (χ4n) is 1.71. The molecule has 0 aliphatic carbocycles. The normalized spacial score (nSPS) is 10.2. The van der Waals surface area contributed by atoms with Gasteiger partial charge in [-0.1, -0.05) is 42.7 Å². The van der Waals surface area contributed by atoms with Gasteiger partial charge in [-0.15, -0.1) is 0 Å². The van der Waals surface area contributed by atoms with Crippen LogP contribution in [0.25, 0.3) is 0 Å². The third kappa shape index (κ3) is 3.81. The third-order valence-electron chi connectivity index (χ3n) is 2.83. The first kappa shape index (κ1) is 15.0. The average molecular weight is 287 g/mol. The molecule has 0 aromatic heterocycles. The van der Waals surface area contributed by atoms with E-state index in [0.29, 0.717) is 0 Å². The molecule has 1 amide bonds. The van der Waals surface area contributed by atoms with Crippen molar-refractivity contribution in [1.29, 1.82) is 0 Å². The smallest absolute Gasteiger partial charge is 0.412 e. The summed E-state index contributed by atoms with van der Waals surface area (Å²) in [7, 11) is 5.26. The van der Waals surface area contributed by atoms with E-state index in [9.17, 15) is 13.6 Å². The fraction of sp³-hybridized carbons (Fsp3) is 0.133. The average Bonchev–Trinajstić information content (AvgIpc) is 2.51. The van der Waals surface area contributed by atoms with Gasteiger partial charge in [0.2, 0.25) is 0 Å². The van der Waals surface area contributed by atoms with Crippen LogP contribution in [0.15, 0.2) is 42.5 Å². The maximum absolute atomic E-state index is 13.7. The van der Waals surface area contributed by atoms with Crippen LogP contribution in [0.3, 0.4) is 0 Å². The van der Waals surface area contributed by atoms with E-state index in [0.717, 1.165) is 5.56 Å². The minimum absolute atomic E-state index is 0.0377. The Balaban J connectivity index is 1.98. The Labute approximate surface area is 122 Å². The number of carbonyl (C=O) groups is 1. The molecule has 3 nitrogen and oxygen atoms in total. The molecular formula is C15H12BF2NO2. The largest absolute Gasteiger partial charge is 0.444 e. The minimum Gasteiger partial charge on any atom is -0.444 e. The predicted molar refractivity (Wildman–Crippen MR) is 76.1 cm³/mol. The first-order valence-electron chi connectivity index (χ1n) is 6.26. The Morgan fingerprint density at radius 1 is 1.10 bits per heavy atom. The molecule has 0 aliphatic heterocycles. The Bertz CT molecular complexity index is 635. The van der Waals surface area contributed by atoms with Gasteiger partial charge in [-0.05, 0) is 17.2 Å². The van der Waals surface area contributed by atoms with Crippen molar-refractivity contribution in [2.45, 2.75) is 12.9 Å². The summed E-state index contributed by atoms with van der Waals surface area (Å²) >= 11 is 0. The lowest BCUT2D eigenvalue weighted by molar-refractivity contribution is 0.155. The molecule has 6 heteroatoms. The maximum atomic E-state index is 13.7. The van der Waals surface area contributed by atoms with Crippen LogP contribution >= 0.6 is 0 Å². The molecule has 0 saturated carbocycles. The molecule has 2 aromatic carbocycles. The quantitative estimate of drug-likeness (QED) is 0.875. The first-order chi connectivity index (χ1) is 10.1. The Kier molecular flexibility index (Phi) is 4.92. The topological polar surface area (TPSA) is 38.3 Å². The van der Waals surface area contributed by atoms with Crippen molar-refractivity contribution < 1.29 is 18.3 Å². The van der Waals surface area contributed by atoms with Crippen LogP contribution in [0.5, 0.6) is 0 Å². The van der Waals surface area contributed by atoms with Crippen LogP contribution in [0.1, 0.15) is 11.1 Å². The van der Waals surface area contributed by atoms with E-state index >= 15 is 0 Å². The van der Waals surface area contributed by atoms with Crippen LogP contribution in [0.4, 0.5) is 19.3 Å². The van der Waals surface area contributed by atoms with Gasteiger partial charge in [0, 0.05) is 0 Å². The molecule has 0 unspecified atom stereocenters. The molecule has 0 bridgehead atoms. The van der Waals surface area contributed by atoms with E-state index in [1.165, 1.54) is 12.1 Å². The number of benzene rings is 2. The van der Waals surface area contributed by atoms with Gasteiger partial charge in [0.05, 0.1) is 13.5 Å². The fourth-order valence-corrected chi connectivity index (χ4v) is 1.71. The molecule has 0 saturated heterocycles. The van der Waals surface area contributed by atoms with Crippen molar-refractivity contribution in [3.8, 4) is 0 Å². The van der Waals surface area contributed by atoms with E-state index in [1.54, 1.807) is 24.3 Å². The number of anilines is 1. The summed E-state index contributed by atoms with van der Waals surface area (Å²) in [5, 5.41) is 2.16. The number of amides is 1. The summed E-state index contributed by atoms with van der Waals surface area (Å²) in [5.74, 6) is -2.23. The van der Waals surface area contributed by atoms with Gasteiger partial charge >= 0.3 is 6.09 Å². The van der Waals surface area contributed by atoms with Crippen LogP contribution in [0.2, 0.25) is 0 Å². The van der Waals surface area contributed by atoms with E-state index in [1.807, 2.05) is 6.07 Å². The summed E-state index contributed by atoms with van der Waals surface area (Å²) in [4.78, 5) is 11.6. The zero-order chi connectivity index (χ0) is 15.2. The van der Waals surface area contributed by atoms with Gasteiger partial charge in [-0.25, -0.2) is 13.6 Å². The monoisotopic (exact) mass is 287 g/mol. The lowest BCUT2D eigenvalue weighted by atomic mass is 9.96.